The molecule has 0 saturated carbocycles. The molecule has 0 aromatic carbocycles. The number of carbonyl (C=O) groups is 2. The molecule has 0 aromatic rings. The van der Waals surface area contributed by atoms with E-state index in [1.165, 1.54) is 56.4 Å². The molecule has 0 heterocycles. The van der Waals surface area contributed by atoms with Gasteiger partial charge in [0.05, 0.1) is 73.2 Å². The van der Waals surface area contributed by atoms with Crippen molar-refractivity contribution in [2.75, 3.05) is 6.54 Å². The van der Waals surface area contributed by atoms with Crippen LogP contribution in [-0.2, 0) is 24.2 Å². The van der Waals surface area contributed by atoms with E-state index in [4.69, 9.17) is 15.0 Å². The lowest BCUT2D eigenvalue weighted by Gasteiger charge is -2.25. The smallest absolute Gasteiger partial charge is 0.397 e. The largest absolute Gasteiger partial charge is 0.478 e. The highest BCUT2D eigenvalue weighted by molar-refractivity contribution is 7.80. The Bertz CT molecular complexity index is 2260. The summed E-state index contributed by atoms with van der Waals surface area (Å²) in [5.41, 5.74) is 5.68. The predicted molar refractivity (Wildman–Crippen MR) is 320 cm³/mol. The Balaban J connectivity index is 4.81. The minimum absolute atomic E-state index is 0.000834. The second-order valence-corrected chi connectivity index (χ2v) is 21.6. The number of unbranched alkanes of at least 4 members (excludes halogenated alkanes) is 1. The fourth-order valence-corrected chi connectivity index (χ4v) is 8.45. The molecule has 0 amide bonds. The Morgan fingerprint density at radius 3 is 1.49 bits per heavy atom. The van der Waals surface area contributed by atoms with Gasteiger partial charge < -0.3 is 67.0 Å². The number of aliphatic hydroxyl groups is 11. The first-order valence-electron chi connectivity index (χ1n) is 28.0. The van der Waals surface area contributed by atoms with Crippen LogP contribution in [0, 0.1) is 17.8 Å². The summed E-state index contributed by atoms with van der Waals surface area (Å²) in [6.45, 7) is 7.02. The number of carboxylic acids is 1. The average molecular weight is 1180 g/mol. The Morgan fingerprint density at radius 1 is 0.512 bits per heavy atom. The average Bonchev–Trinajstić information content (AvgIpc) is 3.42. The molecule has 20 heteroatoms. The fraction of sp³-hybridized carbons (Fsp3) is 0.548. The zero-order chi connectivity index (χ0) is 61.9. The van der Waals surface area contributed by atoms with Crippen LogP contribution in [0.2, 0.25) is 0 Å². The molecule has 15 atom stereocenters. The number of rotatable bonds is 46. The fourth-order valence-electron chi connectivity index (χ4n) is 7.89. The van der Waals surface area contributed by atoms with Crippen molar-refractivity contribution in [3.05, 3.63) is 157 Å². The van der Waals surface area contributed by atoms with Gasteiger partial charge in [0.25, 0.3) is 0 Å². The van der Waals surface area contributed by atoms with E-state index in [9.17, 15) is 78.7 Å². The lowest BCUT2D eigenvalue weighted by Crippen LogP contribution is -2.32. The maximum atomic E-state index is 13.0. The number of hydrogen-bond acceptors (Lipinski definition) is 17. The van der Waals surface area contributed by atoms with Crippen molar-refractivity contribution in [2.45, 2.75) is 191 Å². The molecule has 464 valence electrons. The van der Waals surface area contributed by atoms with E-state index >= 15 is 0 Å². The molecule has 3 unspecified atom stereocenters. The molecule has 0 aliphatic heterocycles. The van der Waals surface area contributed by atoms with Crippen LogP contribution in [0.4, 0.5) is 0 Å². The zero-order valence-electron chi connectivity index (χ0n) is 48.0. The number of aliphatic hydroxyl groups excluding tert-OH is 11. The van der Waals surface area contributed by atoms with Gasteiger partial charge in [0.2, 0.25) is 0 Å². The monoisotopic (exact) mass is 1180 g/mol. The van der Waals surface area contributed by atoms with Crippen LogP contribution in [0.1, 0.15) is 118 Å². The van der Waals surface area contributed by atoms with E-state index < -0.39 is 114 Å². The molecule has 15 N–H and O–H groups in total. The minimum atomic E-state index is -4.95. The van der Waals surface area contributed by atoms with Gasteiger partial charge in [0.15, 0.2) is 0 Å². The van der Waals surface area contributed by atoms with E-state index in [0.717, 1.165) is 12.8 Å². The molecule has 0 rings (SSSR count). The lowest BCUT2D eigenvalue weighted by molar-refractivity contribution is -0.132. The van der Waals surface area contributed by atoms with E-state index in [0.29, 0.717) is 19.4 Å². The van der Waals surface area contributed by atoms with Crippen LogP contribution in [-0.4, -0.2) is 166 Å². The Hall–Kier alpha value is -4.85. The molecular weight excluding hydrogens is 1080 g/mol. The summed E-state index contributed by atoms with van der Waals surface area (Å²) >= 11 is 0. The third-order valence-corrected chi connectivity index (χ3v) is 13.3. The summed E-state index contributed by atoms with van der Waals surface area (Å²) in [5.74, 6) is -3.24. The first kappa shape index (κ1) is 77.2. The van der Waals surface area contributed by atoms with Crippen molar-refractivity contribution in [2.24, 2.45) is 23.5 Å². The van der Waals surface area contributed by atoms with Gasteiger partial charge in [0, 0.05) is 49.0 Å². The molecule has 0 saturated heterocycles. The van der Waals surface area contributed by atoms with E-state index in [-0.39, 0.29) is 69.3 Å². The van der Waals surface area contributed by atoms with Gasteiger partial charge >= 0.3 is 16.4 Å². The summed E-state index contributed by atoms with van der Waals surface area (Å²) in [7, 11) is -4.95. The van der Waals surface area contributed by atoms with Gasteiger partial charge in [-0.25, -0.2) is 8.98 Å². The standard InChI is InChI=1S/C62H97NO18S/c1-45(27-19-15-11-10-12-16-20-28-46(2)62(76)77)61(75)48(4)58(73)36-21-17-13-8-6-5-7-9-14-18-22-37-60(81-82(78,79)80)47(3)59(74)44-57(72)43-54(69)34-25-33-53(68)42-56(71)41-52(67)32-24-31-50(65)39-49(64)29-23-30-51(66)40-55(70)35-26-38-63/h5-10,12-14,16-25,27-29,32,34,36,45,47-58,60-61,64-73,75H,11,15,26,30-31,33,35,37-44,63H2,1-4H3,(H,76,77)(H,78,79,80)/b7-5+,8-6+,12-10+,14-9+,17-13+,20-16+,22-18+,27-19+,29-23+,32-24+,34-25+,36-21+,46-28+/t45?,47?,48-,49+,50+,51+,52+,53-,54+,55-,56-,57+,58+,60?,61-/m0/s1. The van der Waals surface area contributed by atoms with E-state index in [2.05, 4.69) is 0 Å². The van der Waals surface area contributed by atoms with Crippen LogP contribution in [0.5, 0.6) is 0 Å². The van der Waals surface area contributed by atoms with Gasteiger partial charge in [-0.05, 0) is 77.7 Å². The molecule has 82 heavy (non-hydrogen) atoms. The molecular formula is C62H97NO18S. The number of allylic oxidation sites excluding steroid dienone is 16. The van der Waals surface area contributed by atoms with Crippen molar-refractivity contribution in [3.8, 4) is 0 Å². The lowest BCUT2D eigenvalue weighted by atomic mass is 9.88. The van der Waals surface area contributed by atoms with Crippen molar-refractivity contribution >= 4 is 22.2 Å². The third kappa shape index (κ3) is 42.9. The Kier molecular flexibility index (Phi) is 43.8. The summed E-state index contributed by atoms with van der Waals surface area (Å²) < 4.78 is 37.4. The highest BCUT2D eigenvalue weighted by Crippen LogP contribution is 2.21. The molecule has 0 aliphatic rings. The minimum Gasteiger partial charge on any atom is -0.478 e. The van der Waals surface area contributed by atoms with Gasteiger partial charge in [-0.15, -0.1) is 0 Å². The summed E-state index contributed by atoms with van der Waals surface area (Å²) in [4.78, 5) is 23.8. The summed E-state index contributed by atoms with van der Waals surface area (Å²) in [5, 5.41) is 123. The van der Waals surface area contributed by atoms with Gasteiger partial charge in [0.1, 0.15) is 5.78 Å². The van der Waals surface area contributed by atoms with Crippen molar-refractivity contribution < 1.29 is 88.0 Å². The highest BCUT2D eigenvalue weighted by atomic mass is 32.3. The SMILES string of the molecule is C\C(=C/C=C/C=C/CC/C=C/C(C)[C@H](O)[C@@H](C)[C@H](O)/C=C/C=C/C=C/C=C/C=C/C=C/CC(OS(=O)(=O)O)C(C)C(=O)C[C@H](O)C[C@H](O)/C=C/C[C@H](O)C[C@@H](O)C[C@H](O)/C=C/C[C@@H](O)C[C@H](O)/C=C/C[C@@H](O)C[C@@H](O)CCCN)C(=O)O. The Labute approximate surface area is 486 Å². The second kappa shape index (κ2) is 46.5. The number of Topliss-reactive ketones (excluding diaryl/α,β-unsaturated/α-hetero) is 1. The van der Waals surface area contributed by atoms with Crippen LogP contribution in [0.25, 0.3) is 0 Å². The molecule has 19 nitrogen and oxygen atoms in total. The number of nitrogens with two attached hydrogens (primary N) is 1. The van der Waals surface area contributed by atoms with Gasteiger partial charge in [-0.1, -0.05) is 173 Å². The second-order valence-electron chi connectivity index (χ2n) is 20.5. The number of hydrogen-bond donors (Lipinski definition) is 14. The summed E-state index contributed by atoms with van der Waals surface area (Å²) in [6.07, 6.45) is 31.6. The van der Waals surface area contributed by atoms with Crippen molar-refractivity contribution in [1.82, 2.24) is 0 Å². The van der Waals surface area contributed by atoms with E-state index in [1.54, 1.807) is 92.0 Å². The Morgan fingerprint density at radius 2 is 0.963 bits per heavy atom. The molecule has 0 aromatic heterocycles. The van der Waals surface area contributed by atoms with Crippen molar-refractivity contribution in [3.63, 3.8) is 0 Å². The predicted octanol–water partition coefficient (Wildman–Crippen LogP) is 5.75. The maximum absolute atomic E-state index is 13.0. The molecule has 0 radical (unpaired) electrons. The van der Waals surface area contributed by atoms with Crippen LogP contribution in [0.15, 0.2) is 157 Å². The number of aliphatic carboxylic acids is 1. The van der Waals surface area contributed by atoms with Gasteiger partial charge in [-0.3, -0.25) is 9.35 Å². The van der Waals surface area contributed by atoms with E-state index in [1.807, 2.05) is 31.2 Å². The van der Waals surface area contributed by atoms with Gasteiger partial charge in [-0.2, -0.15) is 8.42 Å². The molecule has 0 fully saturated rings. The third-order valence-electron chi connectivity index (χ3n) is 12.8. The first-order chi connectivity index (χ1) is 38.8. The van der Waals surface area contributed by atoms with Crippen LogP contribution < -0.4 is 5.73 Å². The zero-order valence-corrected chi connectivity index (χ0v) is 48.9. The molecule has 0 spiro atoms. The quantitative estimate of drug-likeness (QED) is 0.0113. The highest BCUT2D eigenvalue weighted by Gasteiger charge is 2.30. The first-order valence-corrected chi connectivity index (χ1v) is 29.4. The topological polar surface area (TPSA) is 367 Å². The van der Waals surface area contributed by atoms with Crippen LogP contribution in [0.3, 0.4) is 0 Å². The molecule has 0 aliphatic carbocycles. The number of carbonyl (C=O) groups excluding carboxylic acids is 1. The number of ketones is 1. The normalized spacial score (nSPS) is 19.3. The van der Waals surface area contributed by atoms with Crippen LogP contribution >= 0.6 is 0 Å². The van der Waals surface area contributed by atoms with Crippen molar-refractivity contribution in [1.29, 1.82) is 0 Å². The molecule has 0 bridgehead atoms. The summed E-state index contributed by atoms with van der Waals surface area (Å²) in [6, 6.07) is 0. The maximum Gasteiger partial charge on any atom is 0.397 e. The number of carboxylic acid groups (broad SMARTS) is 1.